The van der Waals surface area contributed by atoms with Crippen molar-refractivity contribution in [2.24, 2.45) is 0 Å². The van der Waals surface area contributed by atoms with Gasteiger partial charge in [-0.3, -0.25) is 4.79 Å². The lowest BCUT2D eigenvalue weighted by Gasteiger charge is -2.46. The first kappa shape index (κ1) is 16.4. The lowest BCUT2D eigenvalue weighted by molar-refractivity contribution is -0.113. The Morgan fingerprint density at radius 3 is 2.78 bits per heavy atom. The molecule has 1 spiro atoms. The summed E-state index contributed by atoms with van der Waals surface area (Å²) in [6.07, 6.45) is 5.32. The molecule has 128 valence electrons. The lowest BCUT2D eigenvalue weighted by atomic mass is 9.82. The molecule has 0 saturated carbocycles. The van der Waals surface area contributed by atoms with E-state index in [0.29, 0.717) is 45.4 Å². The Balaban J connectivity index is 1.60. The maximum atomic E-state index is 12.2. The summed E-state index contributed by atoms with van der Waals surface area (Å²) < 4.78 is 36.4. The summed E-state index contributed by atoms with van der Waals surface area (Å²) in [4.78, 5) is 14.0. The van der Waals surface area contributed by atoms with E-state index in [4.69, 9.17) is 9.26 Å². The summed E-state index contributed by atoms with van der Waals surface area (Å²) in [5.74, 6) is 0.0705. The number of nitrogens with one attached hydrogen (secondary N) is 1. The summed E-state index contributed by atoms with van der Waals surface area (Å²) in [5.41, 5.74) is -0.348. The minimum absolute atomic E-state index is 0.102. The van der Waals surface area contributed by atoms with Crippen LogP contribution in [0.3, 0.4) is 0 Å². The van der Waals surface area contributed by atoms with Crippen molar-refractivity contribution in [1.82, 2.24) is 14.8 Å². The summed E-state index contributed by atoms with van der Waals surface area (Å²) in [5, 5.41) is 3.55. The van der Waals surface area contributed by atoms with Gasteiger partial charge in [-0.2, -0.15) is 0 Å². The second kappa shape index (κ2) is 6.21. The van der Waals surface area contributed by atoms with Crippen molar-refractivity contribution in [2.75, 3.05) is 26.0 Å². The molecule has 3 rings (SSSR count). The number of likely N-dealkylation sites (tertiary alicyclic amines) is 1. The first-order chi connectivity index (χ1) is 10.9. The van der Waals surface area contributed by atoms with Crippen LogP contribution < -0.4 is 4.72 Å². The molecule has 1 aromatic rings. The SMILES string of the molecule is CS(=O)(=O)NC1CCOC2(CCN(C(=O)c3ccno3)CC2)C1. The number of carbonyl (C=O) groups is 1. The van der Waals surface area contributed by atoms with Crippen LogP contribution in [0.15, 0.2) is 16.8 Å². The van der Waals surface area contributed by atoms with E-state index >= 15 is 0 Å². The number of ether oxygens (including phenoxy) is 1. The predicted molar refractivity (Wildman–Crippen MR) is 81.3 cm³/mol. The standard InChI is InChI=1S/C14H21N3O5S/c1-23(19,20)16-11-3-9-21-14(10-11)4-7-17(8-5-14)13(18)12-2-6-15-22-12/h2,6,11,16H,3-5,7-10H2,1H3. The van der Waals surface area contributed by atoms with Gasteiger partial charge >= 0.3 is 0 Å². The van der Waals surface area contributed by atoms with Crippen molar-refractivity contribution in [3.05, 3.63) is 18.0 Å². The first-order valence-electron chi connectivity index (χ1n) is 7.68. The van der Waals surface area contributed by atoms with E-state index in [1.54, 1.807) is 11.0 Å². The van der Waals surface area contributed by atoms with Crippen molar-refractivity contribution in [2.45, 2.75) is 37.3 Å². The van der Waals surface area contributed by atoms with Gasteiger partial charge in [0.15, 0.2) is 0 Å². The predicted octanol–water partition coefficient (Wildman–Crippen LogP) is 0.378. The van der Waals surface area contributed by atoms with Gasteiger partial charge in [0.05, 0.1) is 18.1 Å². The van der Waals surface area contributed by atoms with Gasteiger partial charge in [-0.15, -0.1) is 0 Å². The molecule has 2 saturated heterocycles. The Bertz CT molecular complexity index is 650. The number of carbonyl (C=O) groups excluding carboxylic acids is 1. The van der Waals surface area contributed by atoms with Gasteiger partial charge in [0, 0.05) is 31.8 Å². The van der Waals surface area contributed by atoms with Crippen LogP contribution in [0.5, 0.6) is 0 Å². The highest BCUT2D eigenvalue weighted by molar-refractivity contribution is 7.88. The quantitative estimate of drug-likeness (QED) is 0.851. The van der Waals surface area contributed by atoms with Crippen LogP contribution in [-0.2, 0) is 14.8 Å². The number of nitrogens with zero attached hydrogens (tertiary/aromatic N) is 2. The first-order valence-corrected chi connectivity index (χ1v) is 9.57. The molecule has 2 fully saturated rings. The van der Waals surface area contributed by atoms with E-state index in [9.17, 15) is 13.2 Å². The highest BCUT2D eigenvalue weighted by Gasteiger charge is 2.42. The third-order valence-corrected chi connectivity index (χ3v) is 5.25. The average molecular weight is 343 g/mol. The zero-order chi connectivity index (χ0) is 16.5. The third kappa shape index (κ3) is 3.91. The van der Waals surface area contributed by atoms with Crippen LogP contribution in [0.2, 0.25) is 0 Å². The van der Waals surface area contributed by atoms with Crippen LogP contribution in [0.1, 0.15) is 36.2 Å². The van der Waals surface area contributed by atoms with Gasteiger partial charge in [-0.25, -0.2) is 13.1 Å². The fourth-order valence-electron chi connectivity index (χ4n) is 3.38. The molecule has 23 heavy (non-hydrogen) atoms. The van der Waals surface area contributed by atoms with Crippen LogP contribution in [0, 0.1) is 0 Å². The third-order valence-electron chi connectivity index (χ3n) is 4.48. The number of piperidine rings is 1. The van der Waals surface area contributed by atoms with E-state index in [-0.39, 0.29) is 23.3 Å². The number of rotatable bonds is 3. The largest absolute Gasteiger partial charge is 0.375 e. The van der Waals surface area contributed by atoms with E-state index < -0.39 is 10.0 Å². The molecular weight excluding hydrogens is 322 g/mol. The Morgan fingerprint density at radius 1 is 1.43 bits per heavy atom. The molecule has 1 aromatic heterocycles. The van der Waals surface area contributed by atoms with Crippen LogP contribution >= 0.6 is 0 Å². The van der Waals surface area contributed by atoms with E-state index in [0.717, 1.165) is 0 Å². The molecule has 2 aliphatic heterocycles. The normalized spacial score (nSPS) is 24.7. The summed E-state index contributed by atoms with van der Waals surface area (Å²) >= 11 is 0. The van der Waals surface area contributed by atoms with E-state index in [1.807, 2.05) is 0 Å². The Hall–Kier alpha value is -1.45. The zero-order valence-electron chi connectivity index (χ0n) is 13.0. The molecule has 0 aromatic carbocycles. The van der Waals surface area contributed by atoms with E-state index in [1.165, 1.54) is 12.5 Å². The Morgan fingerprint density at radius 2 is 2.17 bits per heavy atom. The minimum Gasteiger partial charge on any atom is -0.375 e. The molecule has 3 heterocycles. The van der Waals surface area contributed by atoms with Crippen molar-refractivity contribution in [3.8, 4) is 0 Å². The number of sulfonamides is 1. The molecule has 1 unspecified atom stereocenters. The maximum Gasteiger partial charge on any atom is 0.292 e. The highest BCUT2D eigenvalue weighted by atomic mass is 32.2. The van der Waals surface area contributed by atoms with Crippen molar-refractivity contribution in [3.63, 3.8) is 0 Å². The molecule has 8 nitrogen and oxygen atoms in total. The van der Waals surface area contributed by atoms with Gasteiger partial charge in [0.1, 0.15) is 0 Å². The van der Waals surface area contributed by atoms with Gasteiger partial charge in [-0.1, -0.05) is 5.16 Å². The summed E-state index contributed by atoms with van der Waals surface area (Å²) in [6, 6.07) is 1.45. The van der Waals surface area contributed by atoms with Gasteiger partial charge in [0.2, 0.25) is 15.8 Å². The molecule has 1 amide bonds. The van der Waals surface area contributed by atoms with Gasteiger partial charge in [-0.05, 0) is 25.7 Å². The molecule has 2 aliphatic rings. The van der Waals surface area contributed by atoms with Crippen molar-refractivity contribution in [1.29, 1.82) is 0 Å². The molecule has 0 radical (unpaired) electrons. The lowest BCUT2D eigenvalue weighted by Crippen LogP contribution is -2.54. The Kier molecular flexibility index (Phi) is 4.43. The topological polar surface area (TPSA) is 102 Å². The van der Waals surface area contributed by atoms with Gasteiger partial charge < -0.3 is 14.2 Å². The monoisotopic (exact) mass is 343 g/mol. The average Bonchev–Trinajstić information content (AvgIpc) is 3.00. The smallest absolute Gasteiger partial charge is 0.292 e. The van der Waals surface area contributed by atoms with Gasteiger partial charge in [0.25, 0.3) is 5.91 Å². The number of hydrogen-bond donors (Lipinski definition) is 1. The summed E-state index contributed by atoms with van der Waals surface area (Å²) in [7, 11) is -3.22. The number of aromatic nitrogens is 1. The molecule has 1 N–H and O–H groups in total. The van der Waals surface area contributed by atoms with Crippen molar-refractivity contribution < 1.29 is 22.5 Å². The van der Waals surface area contributed by atoms with E-state index in [2.05, 4.69) is 9.88 Å². The minimum atomic E-state index is -3.22. The second-order valence-corrected chi connectivity index (χ2v) is 8.06. The number of amides is 1. The molecule has 0 bridgehead atoms. The highest BCUT2D eigenvalue weighted by Crippen LogP contribution is 2.35. The van der Waals surface area contributed by atoms with Crippen molar-refractivity contribution >= 4 is 15.9 Å². The molecular formula is C14H21N3O5S. The molecule has 0 aliphatic carbocycles. The maximum absolute atomic E-state index is 12.2. The van der Waals surface area contributed by atoms with Crippen LogP contribution in [-0.4, -0.2) is 62.0 Å². The second-order valence-electron chi connectivity index (χ2n) is 6.28. The van der Waals surface area contributed by atoms with Crippen LogP contribution in [0.25, 0.3) is 0 Å². The van der Waals surface area contributed by atoms with Crippen LogP contribution in [0.4, 0.5) is 0 Å². The zero-order valence-corrected chi connectivity index (χ0v) is 13.8. The number of hydrogen-bond acceptors (Lipinski definition) is 6. The fourth-order valence-corrected chi connectivity index (χ4v) is 4.19. The summed E-state index contributed by atoms with van der Waals surface area (Å²) in [6.45, 7) is 1.65. The molecule has 1 atom stereocenters. The molecule has 9 heteroatoms. The Labute approximate surface area is 135 Å². The fraction of sp³-hybridized carbons (Fsp3) is 0.714.